The Labute approximate surface area is 85.1 Å². The Morgan fingerprint density at radius 1 is 1.27 bits per heavy atom. The van der Waals surface area contributed by atoms with E-state index in [9.17, 15) is 9.59 Å². The van der Waals surface area contributed by atoms with Crippen LogP contribution >= 0.6 is 0 Å². The van der Waals surface area contributed by atoms with Crippen molar-refractivity contribution in [3.8, 4) is 0 Å². The molecule has 0 aromatic carbocycles. The van der Waals surface area contributed by atoms with Crippen molar-refractivity contribution < 1.29 is 43.9 Å². The van der Waals surface area contributed by atoms with Crippen molar-refractivity contribution in [3.63, 3.8) is 0 Å². The number of hydrogen-bond acceptors (Lipinski definition) is 6. The van der Waals surface area contributed by atoms with Crippen molar-refractivity contribution >= 4 is 11.9 Å². The van der Waals surface area contributed by atoms with Crippen LogP contribution in [0, 0.1) is 10.1 Å². The first kappa shape index (κ1) is 16.9. The summed E-state index contributed by atoms with van der Waals surface area (Å²) in [5.74, 6) is -1.12. The second kappa shape index (κ2) is 12.2. The van der Waals surface area contributed by atoms with Gasteiger partial charge in [0, 0.05) is 13.8 Å². The van der Waals surface area contributed by atoms with E-state index < -0.39 is 11.9 Å². The summed E-state index contributed by atoms with van der Waals surface area (Å²) in [5, 5.41) is 9.00. The van der Waals surface area contributed by atoms with Gasteiger partial charge in [0.15, 0.2) is 0 Å². The van der Waals surface area contributed by atoms with Gasteiger partial charge in [0.25, 0.3) is 0 Å². The van der Waals surface area contributed by atoms with Gasteiger partial charge < -0.3 is 14.9 Å². The van der Waals surface area contributed by atoms with Crippen LogP contribution in [0.15, 0.2) is 5.34 Å². The standard InChI is InChI=1S/C4H6O3.HNO2.Na/c1-3(5)7-4(2)6;2-1-3;/h1-2H3;(H,2,3);/q;;+1/p-1. The van der Waals surface area contributed by atoms with E-state index in [0.29, 0.717) is 0 Å². The molecule has 0 aliphatic heterocycles. The zero-order valence-corrected chi connectivity index (χ0v) is 8.49. The number of hydrogen-bond donors (Lipinski definition) is 0. The van der Waals surface area contributed by atoms with Crippen LogP contribution in [-0.2, 0) is 14.3 Å². The summed E-state index contributed by atoms with van der Waals surface area (Å²) in [6.07, 6.45) is 0. The Bertz CT molecular complexity index is 124. The largest absolute Gasteiger partial charge is 1.00 e. The number of ether oxygens (including phenoxy) is 1. The van der Waals surface area contributed by atoms with Gasteiger partial charge in [-0.15, -0.1) is 5.34 Å². The fraction of sp³-hybridized carbons (Fsp3) is 0.500. The SMILES string of the molecule is CC(=O)OC(C)=O.O=N[O-].[Na+]. The molecule has 11 heavy (non-hydrogen) atoms. The topological polar surface area (TPSA) is 95.9 Å². The summed E-state index contributed by atoms with van der Waals surface area (Å²) < 4.78 is 3.97. The van der Waals surface area contributed by atoms with Gasteiger partial charge >= 0.3 is 41.5 Å². The summed E-state index contributed by atoms with van der Waals surface area (Å²) in [6, 6.07) is 0. The maximum Gasteiger partial charge on any atom is 1.00 e. The molecule has 0 spiro atoms. The minimum atomic E-state index is -0.562. The van der Waals surface area contributed by atoms with E-state index in [4.69, 9.17) is 10.1 Å². The molecule has 0 unspecified atom stereocenters. The van der Waals surface area contributed by atoms with Crippen molar-refractivity contribution in [1.29, 1.82) is 0 Å². The average molecular weight is 171 g/mol. The Hall–Kier alpha value is -0.460. The van der Waals surface area contributed by atoms with Crippen LogP contribution in [0.4, 0.5) is 0 Å². The summed E-state index contributed by atoms with van der Waals surface area (Å²) in [5.41, 5.74) is 0. The van der Waals surface area contributed by atoms with Crippen molar-refractivity contribution in [2.24, 2.45) is 5.34 Å². The fourth-order valence-electron chi connectivity index (χ4n) is 0.202. The van der Waals surface area contributed by atoms with Gasteiger partial charge in [0.1, 0.15) is 0 Å². The van der Waals surface area contributed by atoms with Crippen LogP contribution in [0.3, 0.4) is 0 Å². The zero-order valence-electron chi connectivity index (χ0n) is 6.49. The molecule has 0 heterocycles. The summed E-state index contributed by atoms with van der Waals surface area (Å²) in [6.45, 7) is 2.36. The molecule has 0 aliphatic carbocycles. The van der Waals surface area contributed by atoms with Crippen LogP contribution in [0.2, 0.25) is 0 Å². The quantitative estimate of drug-likeness (QED) is 0.130. The van der Waals surface area contributed by atoms with Crippen molar-refractivity contribution in [1.82, 2.24) is 0 Å². The monoisotopic (exact) mass is 171 g/mol. The number of rotatable bonds is 0. The Morgan fingerprint density at radius 3 is 1.45 bits per heavy atom. The van der Waals surface area contributed by atoms with Crippen LogP contribution in [0.1, 0.15) is 13.8 Å². The van der Waals surface area contributed by atoms with E-state index >= 15 is 0 Å². The molecule has 0 bridgehead atoms. The molecule has 0 aliphatic rings. The van der Waals surface area contributed by atoms with Crippen molar-refractivity contribution in [2.75, 3.05) is 0 Å². The fourth-order valence-corrected chi connectivity index (χ4v) is 0.202. The molecular weight excluding hydrogens is 165 g/mol. The third-order valence-corrected chi connectivity index (χ3v) is 0.287. The van der Waals surface area contributed by atoms with Gasteiger partial charge in [-0.25, -0.2) is 0 Å². The third kappa shape index (κ3) is 43.3. The van der Waals surface area contributed by atoms with Crippen LogP contribution in [0.5, 0.6) is 0 Å². The number of esters is 2. The number of carbonyl (C=O) groups excluding carboxylic acids is 2. The minimum Gasteiger partial charge on any atom is -0.444 e. The summed E-state index contributed by atoms with van der Waals surface area (Å²) in [7, 11) is 0. The van der Waals surface area contributed by atoms with Gasteiger partial charge in [-0.1, -0.05) is 0 Å². The molecule has 0 saturated heterocycles. The van der Waals surface area contributed by atoms with E-state index in [1.165, 1.54) is 13.8 Å². The Kier molecular flexibility index (Phi) is 18.8. The van der Waals surface area contributed by atoms with E-state index in [0.717, 1.165) is 5.34 Å². The molecule has 0 radical (unpaired) electrons. The Morgan fingerprint density at radius 2 is 1.45 bits per heavy atom. The van der Waals surface area contributed by atoms with E-state index in [-0.39, 0.29) is 29.6 Å². The normalized spacial score (nSPS) is 6.00. The third-order valence-electron chi connectivity index (χ3n) is 0.287. The van der Waals surface area contributed by atoms with Gasteiger partial charge in [-0.3, -0.25) is 9.59 Å². The van der Waals surface area contributed by atoms with Crippen LogP contribution < -0.4 is 29.6 Å². The van der Waals surface area contributed by atoms with Crippen molar-refractivity contribution in [3.05, 3.63) is 10.1 Å². The molecule has 0 aromatic rings. The first-order valence-corrected chi connectivity index (χ1v) is 2.18. The van der Waals surface area contributed by atoms with Gasteiger partial charge in [-0.05, 0) is 0 Å². The Balaban J connectivity index is -0.000000140. The minimum absolute atomic E-state index is 0. The maximum absolute atomic E-state index is 9.81. The van der Waals surface area contributed by atoms with E-state index in [1.54, 1.807) is 0 Å². The predicted molar refractivity (Wildman–Crippen MR) is 31.6 cm³/mol. The van der Waals surface area contributed by atoms with Crippen LogP contribution in [0.25, 0.3) is 0 Å². The molecule has 58 valence electrons. The van der Waals surface area contributed by atoms with Gasteiger partial charge in [-0.2, -0.15) is 0 Å². The smallest absolute Gasteiger partial charge is 0.444 e. The van der Waals surface area contributed by atoms with Gasteiger partial charge in [0.2, 0.25) is 0 Å². The first-order valence-electron chi connectivity index (χ1n) is 2.18. The van der Waals surface area contributed by atoms with Crippen molar-refractivity contribution in [2.45, 2.75) is 13.8 Å². The van der Waals surface area contributed by atoms with Crippen LogP contribution in [-0.4, -0.2) is 11.9 Å². The summed E-state index contributed by atoms with van der Waals surface area (Å²) >= 11 is 0. The zero-order chi connectivity index (χ0) is 8.57. The number of carbonyl (C=O) groups is 2. The number of nitrogens with zero attached hydrogens (tertiary/aromatic N) is 1. The molecule has 7 heteroatoms. The second-order valence-electron chi connectivity index (χ2n) is 1.16. The molecule has 0 N–H and O–H groups in total. The predicted octanol–water partition coefficient (Wildman–Crippen LogP) is -2.65. The van der Waals surface area contributed by atoms with Gasteiger partial charge in [0.05, 0.1) is 0 Å². The molecule has 0 aromatic heterocycles. The molecule has 0 amide bonds. The first-order chi connectivity index (χ1) is 4.54. The molecule has 6 nitrogen and oxygen atoms in total. The molecule has 0 saturated carbocycles. The van der Waals surface area contributed by atoms with E-state index in [2.05, 4.69) is 4.74 Å². The van der Waals surface area contributed by atoms with E-state index in [1.807, 2.05) is 0 Å². The molecular formula is C4H6NNaO5. The summed E-state index contributed by atoms with van der Waals surface area (Å²) in [4.78, 5) is 27.6. The molecule has 0 rings (SSSR count). The maximum atomic E-state index is 9.81. The molecule has 0 atom stereocenters. The molecule has 0 fully saturated rings. The second-order valence-corrected chi connectivity index (χ2v) is 1.16. The average Bonchev–Trinajstić information content (AvgIpc) is 1.62.